The Bertz CT molecular complexity index is 1700. The van der Waals surface area contributed by atoms with Crippen LogP contribution in [0.3, 0.4) is 0 Å². The molecule has 186 valence electrons. The fraction of sp³-hybridized carbons (Fsp3) is 0.0769. The molecule has 3 N–H and O–H groups in total. The second-order valence-electron chi connectivity index (χ2n) is 8.27. The lowest BCUT2D eigenvalue weighted by molar-refractivity contribution is -0.115. The number of carbonyl (C=O) groups excluding carboxylic acids is 2. The first-order valence-electron chi connectivity index (χ1n) is 11.1. The van der Waals surface area contributed by atoms with E-state index in [-0.39, 0.29) is 24.0 Å². The molecule has 5 rings (SSSR count). The number of aromatic amines is 1. The Morgan fingerprint density at radius 2 is 1.84 bits per heavy atom. The topological polar surface area (TPSA) is 122 Å². The standard InChI is InChI=1S/C26H19ClFN5O4/c1-33-21(25(35)30-19-10-7-16(27)13-18(19)24-31-26(36)37-32-24)12-15-3-2-4-20(23(15)33)29-22(34)11-14-5-8-17(28)9-6-14/h2-10,12-13H,11H2,1H3,(H,29,34)(H,30,35)(H,31,32,36). The molecular formula is C26H19ClFN5O4. The quantitative estimate of drug-likeness (QED) is 0.299. The number of carbonyl (C=O) groups is 2. The molecular weight excluding hydrogens is 501 g/mol. The Kier molecular flexibility index (Phi) is 6.33. The highest BCUT2D eigenvalue weighted by Gasteiger charge is 2.19. The van der Waals surface area contributed by atoms with Gasteiger partial charge in [0.15, 0.2) is 5.82 Å². The van der Waals surface area contributed by atoms with Crippen LogP contribution in [0.5, 0.6) is 0 Å². The van der Waals surface area contributed by atoms with E-state index in [1.54, 1.807) is 60.1 Å². The van der Waals surface area contributed by atoms with Crippen molar-refractivity contribution in [1.82, 2.24) is 14.7 Å². The highest BCUT2D eigenvalue weighted by molar-refractivity contribution is 6.31. The van der Waals surface area contributed by atoms with E-state index in [4.69, 9.17) is 11.6 Å². The molecule has 0 aliphatic rings. The number of nitrogens with one attached hydrogen (secondary N) is 3. The van der Waals surface area contributed by atoms with Crippen molar-refractivity contribution in [3.8, 4) is 11.4 Å². The predicted octanol–water partition coefficient (Wildman–Crippen LogP) is 4.75. The Labute approximate surface area is 213 Å². The number of hydrogen-bond donors (Lipinski definition) is 3. The van der Waals surface area contributed by atoms with Crippen molar-refractivity contribution in [2.75, 3.05) is 10.6 Å². The lowest BCUT2D eigenvalue weighted by atomic mass is 10.1. The van der Waals surface area contributed by atoms with Crippen molar-refractivity contribution < 1.29 is 18.5 Å². The summed E-state index contributed by atoms with van der Waals surface area (Å²) in [5.74, 6) is -1.71. The minimum absolute atomic E-state index is 0.0674. The van der Waals surface area contributed by atoms with Crippen molar-refractivity contribution in [2.24, 2.45) is 7.05 Å². The molecule has 0 aliphatic carbocycles. The third-order valence-corrected chi connectivity index (χ3v) is 6.00. The average Bonchev–Trinajstić information content (AvgIpc) is 3.45. The Hall–Kier alpha value is -4.70. The number of rotatable bonds is 6. The molecule has 37 heavy (non-hydrogen) atoms. The van der Waals surface area contributed by atoms with E-state index >= 15 is 0 Å². The molecule has 0 aliphatic heterocycles. The van der Waals surface area contributed by atoms with E-state index < -0.39 is 11.7 Å². The first-order valence-corrected chi connectivity index (χ1v) is 11.5. The van der Waals surface area contributed by atoms with Crippen LogP contribution in [0, 0.1) is 5.82 Å². The van der Waals surface area contributed by atoms with Crippen molar-refractivity contribution in [1.29, 1.82) is 0 Å². The number of aryl methyl sites for hydroxylation is 1. The van der Waals surface area contributed by atoms with Gasteiger partial charge in [0.05, 0.1) is 23.3 Å². The minimum atomic E-state index is -0.741. The third kappa shape index (κ3) is 5.00. The van der Waals surface area contributed by atoms with Gasteiger partial charge in [-0.2, -0.15) is 0 Å². The molecule has 0 bridgehead atoms. The SMILES string of the molecule is Cn1c(C(=O)Nc2ccc(Cl)cc2-c2noc(=O)[nH]2)cc2cccc(NC(=O)Cc3ccc(F)cc3)c21. The zero-order chi connectivity index (χ0) is 26.1. The molecule has 0 radical (unpaired) electrons. The van der Waals surface area contributed by atoms with Crippen LogP contribution in [0.15, 0.2) is 76.0 Å². The van der Waals surface area contributed by atoms with Crippen LogP contribution in [-0.4, -0.2) is 26.5 Å². The van der Waals surface area contributed by atoms with E-state index in [9.17, 15) is 18.8 Å². The van der Waals surface area contributed by atoms with Crippen LogP contribution in [0.25, 0.3) is 22.3 Å². The van der Waals surface area contributed by atoms with Crippen molar-refractivity contribution in [3.63, 3.8) is 0 Å². The monoisotopic (exact) mass is 519 g/mol. The maximum atomic E-state index is 13.3. The summed E-state index contributed by atoms with van der Waals surface area (Å²) in [4.78, 5) is 39.8. The van der Waals surface area contributed by atoms with Gasteiger partial charge in [0.1, 0.15) is 11.5 Å². The molecule has 9 nitrogen and oxygen atoms in total. The number of hydrogen-bond acceptors (Lipinski definition) is 5. The zero-order valence-corrected chi connectivity index (χ0v) is 20.1. The van der Waals surface area contributed by atoms with Crippen molar-refractivity contribution in [2.45, 2.75) is 6.42 Å². The summed E-state index contributed by atoms with van der Waals surface area (Å²) in [5.41, 5.74) is 2.90. The molecule has 3 aromatic carbocycles. The number of H-pyrrole nitrogens is 1. The number of aromatic nitrogens is 3. The van der Waals surface area contributed by atoms with Gasteiger partial charge in [0.25, 0.3) is 5.91 Å². The van der Waals surface area contributed by atoms with Crippen LogP contribution >= 0.6 is 11.6 Å². The summed E-state index contributed by atoms with van der Waals surface area (Å²) in [6.45, 7) is 0. The van der Waals surface area contributed by atoms with Crippen LogP contribution in [0.1, 0.15) is 16.1 Å². The van der Waals surface area contributed by atoms with Crippen molar-refractivity contribution >= 4 is 45.7 Å². The second-order valence-corrected chi connectivity index (χ2v) is 8.71. The fourth-order valence-corrected chi connectivity index (χ4v) is 4.24. The number of benzene rings is 3. The molecule has 11 heteroatoms. The number of amides is 2. The molecule has 2 heterocycles. The van der Waals surface area contributed by atoms with Crippen LogP contribution in [-0.2, 0) is 18.3 Å². The second kappa shape index (κ2) is 9.75. The fourth-order valence-electron chi connectivity index (χ4n) is 4.07. The first kappa shape index (κ1) is 24.0. The zero-order valence-electron chi connectivity index (χ0n) is 19.3. The van der Waals surface area contributed by atoms with E-state index in [1.165, 1.54) is 12.1 Å². The molecule has 0 spiro atoms. The van der Waals surface area contributed by atoms with Gasteiger partial charge >= 0.3 is 5.76 Å². The number of para-hydroxylation sites is 1. The summed E-state index contributed by atoms with van der Waals surface area (Å²) in [6, 6.07) is 17.5. The summed E-state index contributed by atoms with van der Waals surface area (Å²) < 4.78 is 19.4. The smallest absolute Gasteiger partial charge is 0.338 e. The molecule has 0 saturated carbocycles. The minimum Gasteiger partial charge on any atom is -0.338 e. The van der Waals surface area contributed by atoms with Gasteiger partial charge in [0, 0.05) is 23.0 Å². The Morgan fingerprint density at radius 1 is 1.05 bits per heavy atom. The summed E-state index contributed by atoms with van der Waals surface area (Å²) in [7, 11) is 1.71. The number of halogens is 2. The van der Waals surface area contributed by atoms with Gasteiger partial charge in [-0.15, -0.1) is 0 Å². The molecule has 0 unspecified atom stereocenters. The van der Waals surface area contributed by atoms with Gasteiger partial charge in [-0.05, 0) is 48.0 Å². The van der Waals surface area contributed by atoms with Gasteiger partial charge in [-0.3, -0.25) is 19.1 Å². The molecule has 0 atom stereocenters. The van der Waals surface area contributed by atoms with Gasteiger partial charge in [-0.1, -0.05) is 41.0 Å². The Morgan fingerprint density at radius 3 is 2.57 bits per heavy atom. The number of nitrogens with zero attached hydrogens (tertiary/aromatic N) is 2. The summed E-state index contributed by atoms with van der Waals surface area (Å²) in [6.07, 6.45) is 0.0674. The highest BCUT2D eigenvalue weighted by Crippen LogP contribution is 2.30. The van der Waals surface area contributed by atoms with E-state index in [1.807, 2.05) is 6.07 Å². The van der Waals surface area contributed by atoms with Crippen LogP contribution < -0.4 is 16.4 Å². The average molecular weight is 520 g/mol. The van der Waals surface area contributed by atoms with Gasteiger partial charge < -0.3 is 15.2 Å². The van der Waals surface area contributed by atoms with Gasteiger partial charge in [-0.25, -0.2) is 9.18 Å². The largest absolute Gasteiger partial charge is 0.439 e. The van der Waals surface area contributed by atoms with Crippen LogP contribution in [0.4, 0.5) is 15.8 Å². The molecule has 0 saturated heterocycles. The maximum absolute atomic E-state index is 13.3. The first-order chi connectivity index (χ1) is 17.8. The van der Waals surface area contributed by atoms with E-state index in [0.29, 0.717) is 38.7 Å². The van der Waals surface area contributed by atoms with Crippen molar-refractivity contribution in [3.05, 3.63) is 99.4 Å². The lowest BCUT2D eigenvalue weighted by Crippen LogP contribution is -2.17. The molecule has 2 amide bonds. The number of anilines is 2. The maximum Gasteiger partial charge on any atom is 0.439 e. The normalized spacial score (nSPS) is 11.0. The number of fused-ring (bicyclic) bond motifs is 1. The molecule has 0 fully saturated rings. The summed E-state index contributed by atoms with van der Waals surface area (Å²) >= 11 is 6.10. The lowest BCUT2D eigenvalue weighted by Gasteiger charge is -2.12. The van der Waals surface area contributed by atoms with Crippen LogP contribution in [0.2, 0.25) is 5.02 Å². The predicted molar refractivity (Wildman–Crippen MR) is 137 cm³/mol. The van der Waals surface area contributed by atoms with Gasteiger partial charge in [0.2, 0.25) is 5.91 Å². The third-order valence-electron chi connectivity index (χ3n) is 5.77. The molecule has 5 aromatic rings. The molecule has 2 aromatic heterocycles. The highest BCUT2D eigenvalue weighted by atomic mass is 35.5. The van der Waals surface area contributed by atoms with E-state index in [2.05, 4.69) is 25.3 Å². The Balaban J connectivity index is 1.42. The van der Waals surface area contributed by atoms with E-state index in [0.717, 1.165) is 5.39 Å². The summed E-state index contributed by atoms with van der Waals surface area (Å²) in [5, 5.41) is 10.5.